The van der Waals surface area contributed by atoms with E-state index in [0.29, 0.717) is 6.04 Å². The van der Waals surface area contributed by atoms with E-state index in [2.05, 4.69) is 28.2 Å². The summed E-state index contributed by atoms with van der Waals surface area (Å²) in [6.07, 6.45) is 2.24. The number of rotatable bonds is 2. The lowest BCUT2D eigenvalue weighted by Gasteiger charge is -2.33. The van der Waals surface area contributed by atoms with Crippen LogP contribution in [0.3, 0.4) is 0 Å². The van der Waals surface area contributed by atoms with Crippen LogP contribution in [0.4, 0.5) is 0 Å². The van der Waals surface area contributed by atoms with E-state index in [1.807, 2.05) is 11.4 Å². The average Bonchev–Trinajstić information content (AvgIpc) is 2.48. The van der Waals surface area contributed by atoms with Crippen molar-refractivity contribution in [2.45, 2.75) is 25.8 Å². The summed E-state index contributed by atoms with van der Waals surface area (Å²) in [6, 6.07) is 2.30. The van der Waals surface area contributed by atoms with Crippen molar-refractivity contribution in [2.24, 2.45) is 5.92 Å². The predicted octanol–water partition coefficient (Wildman–Crippen LogP) is 3.04. The lowest BCUT2D eigenvalue weighted by molar-refractivity contribution is 0.0899. The summed E-state index contributed by atoms with van der Waals surface area (Å²) in [7, 11) is 0. The number of amides is 1. The maximum atomic E-state index is 11.7. The van der Waals surface area contributed by atoms with Gasteiger partial charge in [-0.2, -0.15) is 0 Å². The Hall–Kier alpha value is -0.350. The molecule has 1 aromatic heterocycles. The van der Waals surface area contributed by atoms with Gasteiger partial charge in [0.25, 0.3) is 5.91 Å². The smallest absolute Gasteiger partial charge is 0.262 e. The summed E-state index contributed by atoms with van der Waals surface area (Å²) in [5, 5.41) is 4.95. The summed E-state index contributed by atoms with van der Waals surface area (Å²) in [5.41, 5.74) is 0. The summed E-state index contributed by atoms with van der Waals surface area (Å²) in [6.45, 7) is 2.21. The third-order valence-electron chi connectivity index (χ3n) is 2.53. The molecule has 1 heterocycles. The molecule has 1 fully saturated rings. The molecule has 76 valence electrons. The van der Waals surface area contributed by atoms with Crippen LogP contribution in [0.1, 0.15) is 29.4 Å². The first kappa shape index (κ1) is 10.2. The van der Waals surface area contributed by atoms with Gasteiger partial charge in [0.05, 0.1) is 0 Å². The molecule has 1 aliphatic carbocycles. The van der Waals surface area contributed by atoms with Crippen molar-refractivity contribution in [3.8, 4) is 0 Å². The molecule has 1 aromatic rings. The zero-order valence-corrected chi connectivity index (χ0v) is 10.3. The van der Waals surface area contributed by atoms with Crippen molar-refractivity contribution in [2.75, 3.05) is 0 Å². The zero-order chi connectivity index (χ0) is 10.1. The molecule has 14 heavy (non-hydrogen) atoms. The van der Waals surface area contributed by atoms with Crippen molar-refractivity contribution in [1.29, 1.82) is 0 Å². The zero-order valence-electron chi connectivity index (χ0n) is 7.92. The summed E-state index contributed by atoms with van der Waals surface area (Å²) in [5.74, 6) is 0.829. The highest BCUT2D eigenvalue weighted by atomic mass is 79.9. The molecular formula is C10H12BrNOS. The van der Waals surface area contributed by atoms with Gasteiger partial charge >= 0.3 is 0 Å². The van der Waals surface area contributed by atoms with E-state index in [4.69, 9.17) is 0 Å². The van der Waals surface area contributed by atoms with Crippen LogP contribution < -0.4 is 5.32 Å². The topological polar surface area (TPSA) is 29.1 Å². The van der Waals surface area contributed by atoms with Crippen molar-refractivity contribution in [3.63, 3.8) is 0 Å². The molecule has 2 rings (SSSR count). The number of halogens is 1. The largest absolute Gasteiger partial charge is 0.349 e. The fourth-order valence-corrected chi connectivity index (χ4v) is 3.18. The average molecular weight is 274 g/mol. The molecule has 0 radical (unpaired) electrons. The first-order valence-corrected chi connectivity index (χ1v) is 6.38. The predicted molar refractivity (Wildman–Crippen MR) is 61.7 cm³/mol. The van der Waals surface area contributed by atoms with E-state index < -0.39 is 0 Å². The van der Waals surface area contributed by atoms with Crippen LogP contribution in [0.25, 0.3) is 0 Å². The minimum Gasteiger partial charge on any atom is -0.349 e. The van der Waals surface area contributed by atoms with Gasteiger partial charge in [-0.3, -0.25) is 4.79 Å². The number of carbonyl (C=O) groups is 1. The maximum Gasteiger partial charge on any atom is 0.262 e. The van der Waals surface area contributed by atoms with Crippen molar-refractivity contribution >= 4 is 33.2 Å². The molecule has 2 nitrogen and oxygen atoms in total. The van der Waals surface area contributed by atoms with Gasteiger partial charge in [0, 0.05) is 10.5 Å². The van der Waals surface area contributed by atoms with Gasteiger partial charge in [-0.05, 0) is 46.1 Å². The highest BCUT2D eigenvalue weighted by Crippen LogP contribution is 2.28. The molecule has 0 spiro atoms. The van der Waals surface area contributed by atoms with Crippen molar-refractivity contribution in [3.05, 3.63) is 20.8 Å². The monoisotopic (exact) mass is 273 g/mol. The summed E-state index contributed by atoms with van der Waals surface area (Å²) >= 11 is 4.83. The SMILES string of the molecule is CC1CC(NC(=O)c2sccc2Br)C1. The lowest BCUT2D eigenvalue weighted by Crippen LogP contribution is -2.43. The van der Waals surface area contributed by atoms with Crippen LogP contribution in [-0.4, -0.2) is 11.9 Å². The van der Waals surface area contributed by atoms with Gasteiger partial charge in [0.1, 0.15) is 4.88 Å². The fraction of sp³-hybridized carbons (Fsp3) is 0.500. The molecule has 0 saturated heterocycles. The van der Waals surface area contributed by atoms with E-state index >= 15 is 0 Å². The molecule has 1 N–H and O–H groups in total. The second-order valence-electron chi connectivity index (χ2n) is 3.84. The first-order valence-electron chi connectivity index (χ1n) is 4.70. The minimum atomic E-state index is 0.0591. The van der Waals surface area contributed by atoms with Gasteiger partial charge in [-0.15, -0.1) is 11.3 Å². The molecule has 0 atom stereocenters. The second kappa shape index (κ2) is 4.03. The molecular weight excluding hydrogens is 262 g/mol. The summed E-state index contributed by atoms with van der Waals surface area (Å²) < 4.78 is 0.896. The quantitative estimate of drug-likeness (QED) is 0.882. The molecule has 1 saturated carbocycles. The Morgan fingerprint density at radius 1 is 1.64 bits per heavy atom. The Morgan fingerprint density at radius 2 is 2.36 bits per heavy atom. The van der Waals surface area contributed by atoms with Crippen LogP contribution in [0.15, 0.2) is 15.9 Å². The maximum absolute atomic E-state index is 11.7. The number of hydrogen-bond donors (Lipinski definition) is 1. The third kappa shape index (κ3) is 2.01. The van der Waals surface area contributed by atoms with Crippen LogP contribution in [0, 0.1) is 5.92 Å². The van der Waals surface area contributed by atoms with E-state index in [9.17, 15) is 4.79 Å². The first-order chi connectivity index (χ1) is 6.66. The molecule has 0 aromatic carbocycles. The standard InChI is InChI=1S/C10H12BrNOS/c1-6-4-7(5-6)12-10(13)9-8(11)2-3-14-9/h2-3,6-7H,4-5H2,1H3,(H,12,13). The van der Waals surface area contributed by atoms with Gasteiger partial charge < -0.3 is 5.32 Å². The van der Waals surface area contributed by atoms with E-state index in [1.165, 1.54) is 11.3 Å². The van der Waals surface area contributed by atoms with E-state index in [0.717, 1.165) is 28.1 Å². The lowest BCUT2D eigenvalue weighted by atomic mass is 9.82. The van der Waals surface area contributed by atoms with Gasteiger partial charge in [0.2, 0.25) is 0 Å². The highest BCUT2D eigenvalue weighted by molar-refractivity contribution is 9.10. The van der Waals surface area contributed by atoms with E-state index in [-0.39, 0.29) is 5.91 Å². The number of carbonyl (C=O) groups excluding carboxylic acids is 1. The summed E-state index contributed by atoms with van der Waals surface area (Å²) in [4.78, 5) is 12.5. The number of hydrogen-bond acceptors (Lipinski definition) is 2. The van der Waals surface area contributed by atoms with Gasteiger partial charge in [0.15, 0.2) is 0 Å². The Labute approximate surface area is 95.8 Å². The Bertz CT molecular complexity index is 344. The second-order valence-corrected chi connectivity index (χ2v) is 5.62. The number of nitrogens with one attached hydrogen (secondary N) is 1. The highest BCUT2D eigenvalue weighted by Gasteiger charge is 2.27. The van der Waals surface area contributed by atoms with Crippen molar-refractivity contribution < 1.29 is 4.79 Å². The van der Waals surface area contributed by atoms with Crippen LogP contribution in [-0.2, 0) is 0 Å². The molecule has 1 amide bonds. The van der Waals surface area contributed by atoms with Crippen LogP contribution >= 0.6 is 27.3 Å². The molecule has 0 unspecified atom stereocenters. The van der Waals surface area contributed by atoms with Crippen LogP contribution in [0.2, 0.25) is 0 Å². The molecule has 4 heteroatoms. The molecule has 0 aliphatic heterocycles. The molecule has 1 aliphatic rings. The van der Waals surface area contributed by atoms with Gasteiger partial charge in [-0.25, -0.2) is 0 Å². The Kier molecular flexibility index (Phi) is 2.93. The van der Waals surface area contributed by atoms with Crippen LogP contribution in [0.5, 0.6) is 0 Å². The fourth-order valence-electron chi connectivity index (χ4n) is 1.73. The normalized spacial score (nSPS) is 25.6. The van der Waals surface area contributed by atoms with Crippen molar-refractivity contribution in [1.82, 2.24) is 5.32 Å². The third-order valence-corrected chi connectivity index (χ3v) is 4.37. The molecule has 0 bridgehead atoms. The van der Waals surface area contributed by atoms with E-state index in [1.54, 1.807) is 0 Å². The Balaban J connectivity index is 1.93. The minimum absolute atomic E-state index is 0.0591. The Morgan fingerprint density at radius 3 is 2.86 bits per heavy atom. The van der Waals surface area contributed by atoms with Gasteiger partial charge in [-0.1, -0.05) is 6.92 Å². The number of thiophene rings is 1.